The van der Waals surface area contributed by atoms with Gasteiger partial charge in [0.1, 0.15) is 41.0 Å². The molecule has 0 spiro atoms. The zero-order valence-corrected chi connectivity index (χ0v) is 41.6. The van der Waals surface area contributed by atoms with Crippen LogP contribution < -0.4 is 27.2 Å². The van der Waals surface area contributed by atoms with Crippen LogP contribution in [0.1, 0.15) is 132 Å². The summed E-state index contributed by atoms with van der Waals surface area (Å²) in [5.74, 6) is -1.87. The summed E-state index contributed by atoms with van der Waals surface area (Å²) in [6.45, 7) is 16.5. The standard InChI is InChI=1S/C48H78N8O10S/c1-8-17-56(30-48(31-57,33(6)10-3)52-45(61)40-13-11-12-18-55(40)7)41(32(4)5)28-42(65-19-9-2)46-51-39(29-67-46)44(60)50-35-25-34-14-15-36(58)27-37(34)38(26-35)43(59)53-54-47(62)66-24-23-64-22-21-63-20-16-49/h14-15,27,29,31-33,35,38,40-42,58H,8-13,16-26,28,30,49H2,1-7H3,(H,50,60)(H,52,61)(H,53,59)(H,54,62). The van der Waals surface area contributed by atoms with Crippen molar-refractivity contribution in [3.8, 4) is 5.75 Å². The molecular weight excluding hydrogens is 881 g/mol. The van der Waals surface area contributed by atoms with Crippen LogP contribution >= 0.6 is 11.3 Å². The van der Waals surface area contributed by atoms with Crippen LogP contribution in [0.4, 0.5) is 4.79 Å². The lowest BCUT2D eigenvalue weighted by atomic mass is 9.79. The van der Waals surface area contributed by atoms with Crippen molar-refractivity contribution in [3.05, 3.63) is 45.4 Å². The highest BCUT2D eigenvalue weighted by atomic mass is 32.1. The van der Waals surface area contributed by atoms with E-state index >= 15 is 0 Å². The van der Waals surface area contributed by atoms with Crippen LogP contribution in [0.2, 0.25) is 0 Å². The van der Waals surface area contributed by atoms with E-state index in [1.165, 1.54) is 23.5 Å². The van der Waals surface area contributed by atoms with Crippen LogP contribution in [0.3, 0.4) is 0 Å². The lowest BCUT2D eigenvalue weighted by Crippen LogP contribution is -2.65. The minimum Gasteiger partial charge on any atom is -0.508 e. The van der Waals surface area contributed by atoms with Gasteiger partial charge in [0.2, 0.25) is 11.8 Å². The number of hydrazine groups is 1. The summed E-state index contributed by atoms with van der Waals surface area (Å²) in [7, 11) is 1.98. The van der Waals surface area contributed by atoms with Crippen molar-refractivity contribution < 1.29 is 48.0 Å². The molecule has 0 saturated carbocycles. The fraction of sp³-hybridized carbons (Fsp3) is 0.708. The van der Waals surface area contributed by atoms with Crippen molar-refractivity contribution in [2.75, 3.05) is 72.9 Å². The van der Waals surface area contributed by atoms with E-state index in [0.29, 0.717) is 75.9 Å². The van der Waals surface area contributed by atoms with Crippen molar-refractivity contribution in [1.82, 2.24) is 36.3 Å². The van der Waals surface area contributed by atoms with E-state index in [2.05, 4.69) is 52.1 Å². The quantitative estimate of drug-likeness (QED) is 0.0389. The SMILES string of the molecule is CCCOC(CC(C(C)C)N(CCC)CC(C=O)(NC(=O)C1CCCCN1C)C(C)CC)c1nc(C(=O)NC2Cc3ccc(O)cc3C(C(=O)NNC(=O)OCCOCCOCCN)C2)cs1. The summed E-state index contributed by atoms with van der Waals surface area (Å²) < 4.78 is 22.2. The highest BCUT2D eigenvalue weighted by molar-refractivity contribution is 7.09. The highest BCUT2D eigenvalue weighted by Crippen LogP contribution is 2.36. The van der Waals surface area contributed by atoms with Crippen molar-refractivity contribution >= 4 is 41.4 Å². The van der Waals surface area contributed by atoms with E-state index < -0.39 is 41.5 Å². The van der Waals surface area contributed by atoms with Gasteiger partial charge in [-0.05, 0) is 100 Å². The maximum atomic E-state index is 13.9. The third kappa shape index (κ3) is 16.5. The van der Waals surface area contributed by atoms with Crippen LogP contribution in [-0.4, -0.2) is 147 Å². The van der Waals surface area contributed by atoms with Gasteiger partial charge >= 0.3 is 6.09 Å². The first-order valence-corrected chi connectivity index (χ1v) is 25.1. The van der Waals surface area contributed by atoms with E-state index in [9.17, 15) is 29.1 Å². The molecule has 67 heavy (non-hydrogen) atoms. The van der Waals surface area contributed by atoms with E-state index in [0.717, 1.165) is 50.5 Å². The molecule has 2 heterocycles. The molecule has 19 heteroatoms. The molecule has 18 nitrogen and oxygen atoms in total. The number of hydrogen-bond acceptors (Lipinski definition) is 15. The van der Waals surface area contributed by atoms with Crippen LogP contribution in [0, 0.1) is 11.8 Å². The number of aromatic hydroxyl groups is 1. The third-order valence-corrected chi connectivity index (χ3v) is 13.8. The third-order valence-electron chi connectivity index (χ3n) is 12.9. The van der Waals surface area contributed by atoms with Crippen LogP contribution in [-0.2, 0) is 39.8 Å². The fourth-order valence-corrected chi connectivity index (χ4v) is 9.84. The number of rotatable bonds is 28. The molecule has 0 bridgehead atoms. The van der Waals surface area contributed by atoms with Gasteiger partial charge in [0.05, 0.1) is 38.4 Å². The lowest BCUT2D eigenvalue weighted by molar-refractivity contribution is -0.134. The number of amides is 4. The summed E-state index contributed by atoms with van der Waals surface area (Å²) in [6.07, 6.45) is 5.86. The number of fused-ring (bicyclic) bond motifs is 1. The number of aldehydes is 1. The second kappa shape index (κ2) is 28.3. The first-order valence-electron chi connectivity index (χ1n) is 24.2. The summed E-state index contributed by atoms with van der Waals surface area (Å²) in [4.78, 5) is 76.3. The molecule has 2 aromatic rings. The lowest BCUT2D eigenvalue weighted by Gasteiger charge is -2.45. The molecule has 7 atom stereocenters. The Hall–Kier alpha value is -4.24. The number of carbonyl (C=O) groups is 5. The summed E-state index contributed by atoms with van der Waals surface area (Å²) in [6, 6.07) is 3.96. The Bertz CT molecular complexity index is 1870. The Morgan fingerprint density at radius 1 is 1.01 bits per heavy atom. The molecule has 1 aliphatic heterocycles. The van der Waals surface area contributed by atoms with Crippen molar-refractivity contribution in [2.24, 2.45) is 17.6 Å². The number of nitrogens with zero attached hydrogens (tertiary/aromatic N) is 3. The zero-order chi connectivity index (χ0) is 48.9. The number of piperidine rings is 1. The van der Waals surface area contributed by atoms with Gasteiger partial charge < -0.3 is 45.2 Å². The average Bonchev–Trinajstić information content (AvgIpc) is 3.81. The van der Waals surface area contributed by atoms with Crippen LogP contribution in [0.15, 0.2) is 23.6 Å². The molecular formula is C48H78N8O10S. The minimum absolute atomic E-state index is 0.0137. The second-order valence-corrected chi connectivity index (χ2v) is 19.1. The van der Waals surface area contributed by atoms with Gasteiger partial charge in [0, 0.05) is 37.2 Å². The summed E-state index contributed by atoms with van der Waals surface area (Å²) >= 11 is 1.35. The predicted octanol–water partition coefficient (Wildman–Crippen LogP) is 4.61. The van der Waals surface area contributed by atoms with Crippen molar-refractivity contribution in [1.29, 1.82) is 0 Å². The number of phenols is 1. The van der Waals surface area contributed by atoms with Gasteiger partial charge in [-0.15, -0.1) is 11.3 Å². The maximum Gasteiger partial charge on any atom is 0.426 e. The number of phenolic OH excluding ortho intramolecular Hbond substituents is 1. The molecule has 7 unspecified atom stereocenters. The van der Waals surface area contributed by atoms with Gasteiger partial charge in [-0.25, -0.2) is 15.2 Å². The number of nitrogens with one attached hydrogen (secondary N) is 4. The van der Waals surface area contributed by atoms with E-state index in [1.54, 1.807) is 11.4 Å². The Labute approximate surface area is 401 Å². The van der Waals surface area contributed by atoms with Crippen molar-refractivity contribution in [2.45, 2.75) is 135 Å². The van der Waals surface area contributed by atoms with E-state index in [4.69, 9.17) is 29.7 Å². The Kier molecular flexibility index (Phi) is 23.4. The largest absolute Gasteiger partial charge is 0.508 e. The highest BCUT2D eigenvalue weighted by Gasteiger charge is 2.43. The van der Waals surface area contributed by atoms with E-state index in [1.807, 2.05) is 27.8 Å². The van der Waals surface area contributed by atoms with E-state index in [-0.39, 0.29) is 60.9 Å². The monoisotopic (exact) mass is 959 g/mol. The number of ether oxygens (including phenoxy) is 4. The first-order chi connectivity index (χ1) is 32.2. The fourth-order valence-electron chi connectivity index (χ4n) is 8.98. The molecule has 1 saturated heterocycles. The van der Waals surface area contributed by atoms with Gasteiger partial charge in [0.15, 0.2) is 0 Å². The number of benzene rings is 1. The van der Waals surface area contributed by atoms with Crippen LogP contribution in [0.25, 0.3) is 0 Å². The number of likely N-dealkylation sites (tertiary alicyclic amines) is 1. The van der Waals surface area contributed by atoms with Gasteiger partial charge in [-0.1, -0.05) is 60.5 Å². The smallest absolute Gasteiger partial charge is 0.426 e. The molecule has 1 aliphatic carbocycles. The Balaban J connectivity index is 1.46. The molecule has 376 valence electrons. The molecule has 2 aliphatic rings. The molecule has 4 rings (SSSR count). The number of aromatic nitrogens is 1. The normalized spacial score (nSPS) is 19.7. The molecule has 1 fully saturated rings. The molecule has 4 amide bonds. The molecule has 1 aromatic heterocycles. The van der Waals surface area contributed by atoms with Gasteiger partial charge in [-0.3, -0.25) is 29.6 Å². The Morgan fingerprint density at radius 3 is 2.43 bits per heavy atom. The number of nitrogens with two attached hydrogens (primary N) is 1. The number of carbonyl (C=O) groups excluding carboxylic acids is 5. The zero-order valence-electron chi connectivity index (χ0n) is 40.8. The molecule has 1 aromatic carbocycles. The average molecular weight is 959 g/mol. The molecule has 0 radical (unpaired) electrons. The maximum absolute atomic E-state index is 13.9. The predicted molar refractivity (Wildman–Crippen MR) is 257 cm³/mol. The number of thiazole rings is 1. The summed E-state index contributed by atoms with van der Waals surface area (Å²) in [5, 5.41) is 19.1. The van der Waals surface area contributed by atoms with Gasteiger partial charge in [-0.2, -0.15) is 0 Å². The summed E-state index contributed by atoms with van der Waals surface area (Å²) in [5.41, 5.74) is 10.5. The number of likely N-dealkylation sites (N-methyl/N-ethyl adjacent to an activating group) is 1. The van der Waals surface area contributed by atoms with Gasteiger partial charge in [0.25, 0.3) is 5.91 Å². The first kappa shape index (κ1) is 55.4. The Morgan fingerprint density at radius 2 is 1.76 bits per heavy atom. The minimum atomic E-state index is -1.10. The van der Waals surface area contributed by atoms with Crippen molar-refractivity contribution in [3.63, 3.8) is 0 Å². The topological polar surface area (TPSA) is 236 Å². The molecule has 7 N–H and O–H groups in total. The second-order valence-electron chi connectivity index (χ2n) is 18.2. The van der Waals surface area contributed by atoms with Crippen LogP contribution in [0.5, 0.6) is 5.75 Å². The number of hydrogen-bond donors (Lipinski definition) is 6.